The molecule has 5 aliphatic heterocycles. The Morgan fingerprint density at radius 1 is 0.437 bits per heavy atom. The van der Waals surface area contributed by atoms with Crippen LogP contribution in [0.15, 0.2) is 65.6 Å². The topological polar surface area (TPSA) is 595 Å². The van der Waals surface area contributed by atoms with Gasteiger partial charge in [-0.1, -0.05) is 0 Å². The molecule has 55 heteroatoms. The number of aliphatic hydroxyl groups excluding tert-OH is 2. The number of rotatable bonds is 45. The Hall–Kier alpha value is -7.59. The zero-order valence-electron chi connectivity index (χ0n) is 70.6. The number of halogens is 3. The van der Waals surface area contributed by atoms with Crippen molar-refractivity contribution >= 4 is 40.3 Å². The van der Waals surface area contributed by atoms with E-state index in [1.165, 1.54) is 69.1 Å². The zero-order chi connectivity index (χ0) is 92.5. The number of ether oxygens (including phenoxy) is 23. The molecule has 126 heavy (non-hydrogen) atoms. The second-order valence-electron chi connectivity index (χ2n) is 29.8. The van der Waals surface area contributed by atoms with Crippen LogP contribution in [0.1, 0.15) is 90.8 Å². The number of aromatic nitrogens is 6. The summed E-state index contributed by atoms with van der Waals surface area (Å²) >= 11 is 0. The van der Waals surface area contributed by atoms with Gasteiger partial charge in [-0.3, -0.25) is 52.1 Å². The van der Waals surface area contributed by atoms with Crippen molar-refractivity contribution in [2.75, 3.05) is 177 Å². The molecule has 12 atom stereocenters. The summed E-state index contributed by atoms with van der Waals surface area (Å²) in [6, 6.07) is 3.16. The molecule has 0 radical (unpaired) electrons. The number of alkyl halides is 3. The Morgan fingerprint density at radius 3 is 0.984 bits per heavy atom. The van der Waals surface area contributed by atoms with Crippen molar-refractivity contribution in [3.05, 3.63) is 99.3 Å². The van der Waals surface area contributed by atoms with E-state index in [9.17, 15) is 81.2 Å². The van der Waals surface area contributed by atoms with Gasteiger partial charge in [0.1, 0.15) is 55.1 Å². The van der Waals surface area contributed by atoms with Gasteiger partial charge in [0.25, 0.3) is 16.7 Å². The van der Waals surface area contributed by atoms with Crippen molar-refractivity contribution in [2.45, 2.75) is 179 Å². The number of nitrogens with one attached hydrogen (secondary N) is 3. The second-order valence-corrected chi connectivity index (χ2v) is 33.1. The lowest BCUT2D eigenvalue weighted by Crippen LogP contribution is -2.53. The Balaban J connectivity index is 0.000000247. The fourth-order valence-electron chi connectivity index (χ4n) is 14.8. The normalized spacial score (nSPS) is 26.9. The van der Waals surface area contributed by atoms with Crippen molar-refractivity contribution in [3.63, 3.8) is 0 Å². The van der Waals surface area contributed by atoms with Crippen LogP contribution in [-0.2, 0) is 145 Å². The fraction of sp³-hybridized carbons (Fsp3) is 0.775. The van der Waals surface area contributed by atoms with Gasteiger partial charge in [0, 0.05) is 119 Å². The molecule has 716 valence electrons. The largest absolute Gasteiger partial charge is 0.510 e. The highest BCUT2D eigenvalue weighted by Gasteiger charge is 2.74. The van der Waals surface area contributed by atoms with Gasteiger partial charge in [0.2, 0.25) is 27.2 Å². The van der Waals surface area contributed by atoms with E-state index in [-0.39, 0.29) is 52.9 Å². The molecule has 2 saturated carbocycles. The van der Waals surface area contributed by atoms with Gasteiger partial charge in [-0.25, -0.2) is 74.0 Å². The summed E-state index contributed by atoms with van der Waals surface area (Å²) in [5.41, 5.74) is -16.1. The van der Waals surface area contributed by atoms with Gasteiger partial charge in [0.15, 0.2) is 71.5 Å². The molecule has 7 fully saturated rings. The van der Waals surface area contributed by atoms with Gasteiger partial charge in [-0.05, 0) is 46.5 Å². The van der Waals surface area contributed by atoms with Gasteiger partial charge in [0.05, 0.1) is 72.7 Å². The van der Waals surface area contributed by atoms with Crippen molar-refractivity contribution in [1.82, 2.24) is 28.7 Å². The maximum Gasteiger partial charge on any atom is 0.510 e. The number of fused-ring (bicyclic) bond motifs is 2. The average Bonchev–Trinajstić information content (AvgIpc) is 1.53. The summed E-state index contributed by atoms with van der Waals surface area (Å²) in [7, 11) is 0.816. The summed E-state index contributed by atoms with van der Waals surface area (Å²) in [6.45, 7) is -7.40. The predicted octanol–water partition coefficient (Wildman–Crippen LogP) is 1.72. The molecule has 0 aromatic carbocycles. The summed E-state index contributed by atoms with van der Waals surface area (Å²) in [6.07, 6.45) is -8.36. The standard InChI is InChI=1S/C30H46FN2O19P.C25H40FN2O19P.C16H21FN2O6/c1-28-23(50-30(52-28)9-6-7-10-30)29(16-31,51-24(28)33-11-8-22(34)32-25(33)35)17-45-53(38,46-18-43-26(36)48-20(12-39-2)13-40-3)47-19-44-27(37)49-21(14-41-4)15-42-5;1-24(34)19(30)25(12-26,47-20(24)28-7-6-18(29)27-21(28)31)13-42-48(35,43-14-40-22(32)45-16(8-36-2)9-37-3)44-15-41-23(33)46-17(10-38-4)11-39-5;1-14-11(23-16(25-14)5-2-3-6-16)15(8-17,9-20)24-12(14)19-7-4-10(21)18-13(19)22/h8,11,20-21,23-24H,6-7,9-10,12-19H2,1-5H3,(H,32,34,35);6-7,16-17,19-20,30,34H,8-15H2,1-5H3,(H,27,29,31);4,7,11-12,20H,2-3,5-6,8-9H2,1H3,(H,18,21,22)/t23-,24+,28+,29+;19-,20+,24+,25+;11-,12+,14+,15+/m000/s1. The maximum absolute atomic E-state index is 15.4. The van der Waals surface area contributed by atoms with Gasteiger partial charge < -0.3 is 124 Å². The lowest BCUT2D eigenvalue weighted by atomic mass is 9.88. The number of methoxy groups -OCH3 is 8. The van der Waals surface area contributed by atoms with E-state index in [4.69, 9.17) is 136 Å². The third-order valence-corrected chi connectivity index (χ3v) is 23.0. The maximum atomic E-state index is 15.4. The molecule has 2 spiro atoms. The van der Waals surface area contributed by atoms with Crippen LogP contribution in [0.3, 0.4) is 0 Å². The van der Waals surface area contributed by atoms with Crippen molar-refractivity contribution in [2.24, 2.45) is 0 Å². The first-order valence-electron chi connectivity index (χ1n) is 38.6. The number of hydrogen-bond donors (Lipinski definition) is 6. The molecule has 10 rings (SSSR count). The molecule has 3 aromatic heterocycles. The number of aliphatic hydroxyl groups is 3. The van der Waals surface area contributed by atoms with E-state index in [1.54, 1.807) is 13.8 Å². The smallest absolute Gasteiger partial charge is 0.426 e. The van der Waals surface area contributed by atoms with Crippen LogP contribution >= 0.6 is 15.6 Å². The minimum atomic E-state index is -5.06. The Kier molecular flexibility index (Phi) is 38.1. The lowest BCUT2D eigenvalue weighted by Gasteiger charge is -2.34. The van der Waals surface area contributed by atoms with Crippen LogP contribution in [0.25, 0.3) is 0 Å². The number of carbonyl (C=O) groups is 4. The van der Waals surface area contributed by atoms with Gasteiger partial charge in [-0.15, -0.1) is 0 Å². The monoisotopic (exact) mass is 1870 g/mol. The van der Waals surface area contributed by atoms with Crippen LogP contribution in [0.5, 0.6) is 0 Å². The molecule has 8 heterocycles. The number of nitrogens with zero attached hydrogens (tertiary/aromatic N) is 3. The SMILES string of the molecule is COCC(COC)OC(=O)OCOP(=O)(OCOC(=O)OC(COC)COC)OC[C@@]1(CF)O[C@@H](n2ccc(=O)[nH]c2=O)[C@](C)(O)[C@@H]1O.COCC(COC)OC(=O)OCOP(=O)(OCOC(=O)OC(COC)COC)OC[C@@]1(CF)O[C@@H](n2ccc(=O)[nH]c2=O)[C@]2(C)OC3(CCCC3)O[C@H]12.C[C@@]12OC3(CCCC3)O[C@@H]1[C@](CO)(CF)O[C@H]2n1ccc(=O)[nH]c1=O. The highest BCUT2D eigenvalue weighted by atomic mass is 31.2. The lowest BCUT2D eigenvalue weighted by molar-refractivity contribution is -0.253. The molecular formula is C71H107F3N6O44P2. The molecule has 7 aliphatic rings. The summed E-state index contributed by atoms with van der Waals surface area (Å²) in [4.78, 5) is 127. The molecule has 0 unspecified atom stereocenters. The summed E-state index contributed by atoms with van der Waals surface area (Å²) < 4.78 is 226. The fourth-order valence-corrected chi connectivity index (χ4v) is 16.7. The minimum absolute atomic E-state index is 0.0395. The van der Waals surface area contributed by atoms with Gasteiger partial charge >= 0.3 is 57.3 Å². The molecule has 3 aromatic rings. The molecule has 0 bridgehead atoms. The third-order valence-electron chi connectivity index (χ3n) is 20.4. The predicted molar refractivity (Wildman–Crippen MR) is 407 cm³/mol. The quantitative estimate of drug-likeness (QED) is 0.0203. The van der Waals surface area contributed by atoms with Crippen LogP contribution < -0.4 is 33.7 Å². The van der Waals surface area contributed by atoms with E-state index in [0.717, 1.165) is 66.3 Å². The van der Waals surface area contributed by atoms with Crippen molar-refractivity contribution in [3.8, 4) is 0 Å². The van der Waals surface area contributed by atoms with Crippen molar-refractivity contribution in [1.29, 1.82) is 0 Å². The zero-order valence-corrected chi connectivity index (χ0v) is 72.4. The third kappa shape index (κ3) is 25.5. The van der Waals surface area contributed by atoms with E-state index in [0.29, 0.717) is 30.3 Å². The second kappa shape index (κ2) is 46.3. The summed E-state index contributed by atoms with van der Waals surface area (Å²) in [5, 5.41) is 31.8. The average molecular weight is 1870 g/mol. The molecule has 6 N–H and O–H groups in total. The molecule has 0 amide bonds. The van der Waals surface area contributed by atoms with Crippen LogP contribution in [0.2, 0.25) is 0 Å². The first-order valence-corrected chi connectivity index (χ1v) is 41.6. The highest BCUT2D eigenvalue weighted by molar-refractivity contribution is 7.48. The first kappa shape index (κ1) is 104. The Morgan fingerprint density at radius 2 is 0.706 bits per heavy atom. The minimum Gasteiger partial charge on any atom is -0.426 e. The number of hydrogen-bond acceptors (Lipinski definition) is 44. The summed E-state index contributed by atoms with van der Waals surface area (Å²) in [5.74, 6) is -2.00. The molecule has 2 aliphatic carbocycles. The number of H-pyrrole nitrogens is 3. The van der Waals surface area contributed by atoms with E-state index >= 15 is 4.39 Å². The first-order chi connectivity index (χ1) is 59.9. The van der Waals surface area contributed by atoms with Crippen molar-refractivity contribution < 1.29 is 193 Å². The van der Waals surface area contributed by atoms with Crippen LogP contribution in [-0.4, -0.2) is 333 Å². The van der Waals surface area contributed by atoms with Crippen LogP contribution in [0.4, 0.5) is 32.3 Å². The van der Waals surface area contributed by atoms with Crippen LogP contribution in [0, 0.1) is 0 Å². The number of phosphoric acid groups is 2. The number of carbonyl (C=O) groups excluding carboxylic acids is 4. The van der Waals surface area contributed by atoms with E-state index < -0.39 is 248 Å². The highest BCUT2D eigenvalue weighted by Crippen LogP contribution is 2.62. The van der Waals surface area contributed by atoms with E-state index in [2.05, 4.69) is 9.97 Å². The molecular weight excluding hydrogens is 1760 g/mol. The molecule has 50 nitrogen and oxygen atoms in total. The van der Waals surface area contributed by atoms with E-state index in [1.807, 2.05) is 4.98 Å². The number of aromatic amines is 3. The number of phosphoric ester groups is 2. The van der Waals surface area contributed by atoms with Gasteiger partial charge in [-0.2, -0.15) is 0 Å². The Labute approximate surface area is 714 Å². The molecule has 5 saturated heterocycles. The Bertz CT molecular complexity index is 4380.